The topological polar surface area (TPSA) is 82.5 Å². The summed E-state index contributed by atoms with van der Waals surface area (Å²) < 4.78 is 0. The maximum atomic E-state index is 12.4. The standard InChI is InChI=1S/C18H25N3O3/c1-13(22)21-10-4-9-18(24,12-21)17(23)19-11-15-8-7-14-5-2-3-6-16(14)20-15/h7-8,24H,2-6,9-12H2,1H3,(H,19,23). The molecule has 130 valence electrons. The van der Waals surface area contributed by atoms with Crippen LogP contribution in [0.2, 0.25) is 0 Å². The van der Waals surface area contributed by atoms with Crippen molar-refractivity contribution in [2.45, 2.75) is 57.6 Å². The third-order valence-corrected chi connectivity index (χ3v) is 5.00. The minimum Gasteiger partial charge on any atom is -0.378 e. The Morgan fingerprint density at radius 1 is 1.29 bits per heavy atom. The van der Waals surface area contributed by atoms with E-state index >= 15 is 0 Å². The first-order chi connectivity index (χ1) is 11.5. The lowest BCUT2D eigenvalue weighted by molar-refractivity contribution is -0.150. The van der Waals surface area contributed by atoms with E-state index in [1.165, 1.54) is 23.8 Å². The fourth-order valence-corrected chi connectivity index (χ4v) is 3.55. The number of rotatable bonds is 3. The quantitative estimate of drug-likeness (QED) is 0.864. The summed E-state index contributed by atoms with van der Waals surface area (Å²) in [5.41, 5.74) is 1.75. The Morgan fingerprint density at radius 2 is 2.08 bits per heavy atom. The van der Waals surface area contributed by atoms with Gasteiger partial charge < -0.3 is 15.3 Å². The summed E-state index contributed by atoms with van der Waals surface area (Å²) in [6.07, 6.45) is 5.45. The maximum Gasteiger partial charge on any atom is 0.254 e. The average molecular weight is 331 g/mol. The molecule has 1 aromatic heterocycles. The van der Waals surface area contributed by atoms with Crippen LogP contribution in [0, 0.1) is 0 Å². The number of amides is 2. The van der Waals surface area contributed by atoms with Crippen molar-refractivity contribution in [1.29, 1.82) is 0 Å². The number of hydrogen-bond acceptors (Lipinski definition) is 4. The highest BCUT2D eigenvalue weighted by Gasteiger charge is 2.40. The van der Waals surface area contributed by atoms with E-state index in [0.29, 0.717) is 25.9 Å². The molecule has 0 aromatic carbocycles. The van der Waals surface area contributed by atoms with Crippen molar-refractivity contribution in [2.24, 2.45) is 0 Å². The molecule has 1 aliphatic carbocycles. The van der Waals surface area contributed by atoms with Gasteiger partial charge in [-0.25, -0.2) is 0 Å². The predicted molar refractivity (Wildman–Crippen MR) is 89.2 cm³/mol. The number of hydrogen-bond donors (Lipinski definition) is 2. The van der Waals surface area contributed by atoms with Crippen molar-refractivity contribution in [3.8, 4) is 0 Å². The van der Waals surface area contributed by atoms with Crippen LogP contribution < -0.4 is 5.32 Å². The molecule has 1 saturated heterocycles. The number of carbonyl (C=O) groups excluding carboxylic acids is 2. The predicted octanol–water partition coefficient (Wildman–Crippen LogP) is 0.950. The Hall–Kier alpha value is -1.95. The normalized spacial score (nSPS) is 23.5. The molecule has 2 aliphatic rings. The van der Waals surface area contributed by atoms with Crippen LogP contribution in [0.5, 0.6) is 0 Å². The van der Waals surface area contributed by atoms with E-state index in [0.717, 1.165) is 30.7 Å². The minimum atomic E-state index is -1.50. The van der Waals surface area contributed by atoms with E-state index < -0.39 is 11.5 Å². The number of fused-ring (bicyclic) bond motifs is 1. The van der Waals surface area contributed by atoms with Gasteiger partial charge >= 0.3 is 0 Å². The first-order valence-electron chi connectivity index (χ1n) is 8.72. The molecular formula is C18H25N3O3. The van der Waals surface area contributed by atoms with Crippen LogP contribution in [0.1, 0.15) is 49.6 Å². The second-order valence-electron chi connectivity index (χ2n) is 6.87. The largest absolute Gasteiger partial charge is 0.378 e. The van der Waals surface area contributed by atoms with E-state index in [2.05, 4.69) is 16.4 Å². The summed E-state index contributed by atoms with van der Waals surface area (Å²) in [5.74, 6) is -0.537. The van der Waals surface area contributed by atoms with Crippen molar-refractivity contribution in [3.05, 3.63) is 29.1 Å². The van der Waals surface area contributed by atoms with E-state index in [4.69, 9.17) is 0 Å². The molecule has 2 heterocycles. The second kappa shape index (κ2) is 6.89. The third-order valence-electron chi connectivity index (χ3n) is 5.00. The van der Waals surface area contributed by atoms with Crippen molar-refractivity contribution in [2.75, 3.05) is 13.1 Å². The van der Waals surface area contributed by atoms with E-state index in [-0.39, 0.29) is 12.5 Å². The minimum absolute atomic E-state index is 0.0613. The smallest absolute Gasteiger partial charge is 0.254 e. The molecule has 0 spiro atoms. The van der Waals surface area contributed by atoms with Gasteiger partial charge in [0.1, 0.15) is 0 Å². The zero-order valence-corrected chi connectivity index (χ0v) is 14.2. The number of nitrogens with zero attached hydrogens (tertiary/aromatic N) is 2. The van der Waals surface area contributed by atoms with Crippen LogP contribution in [0.25, 0.3) is 0 Å². The zero-order valence-electron chi connectivity index (χ0n) is 14.2. The molecule has 0 bridgehead atoms. The molecule has 1 aliphatic heterocycles. The van der Waals surface area contributed by atoms with Gasteiger partial charge in [0.25, 0.3) is 5.91 Å². The van der Waals surface area contributed by atoms with Crippen molar-refractivity contribution < 1.29 is 14.7 Å². The number of aryl methyl sites for hydroxylation is 2. The van der Waals surface area contributed by atoms with Crippen LogP contribution in [0.15, 0.2) is 12.1 Å². The molecule has 0 radical (unpaired) electrons. The molecule has 1 fully saturated rings. The Bertz CT molecular complexity index is 646. The lowest BCUT2D eigenvalue weighted by Crippen LogP contribution is -2.57. The highest BCUT2D eigenvalue weighted by atomic mass is 16.3. The number of aliphatic hydroxyl groups is 1. The molecule has 3 rings (SSSR count). The van der Waals surface area contributed by atoms with Crippen molar-refractivity contribution in [3.63, 3.8) is 0 Å². The molecule has 1 atom stereocenters. The molecular weight excluding hydrogens is 306 g/mol. The molecule has 1 unspecified atom stereocenters. The number of pyridine rings is 1. The molecule has 0 saturated carbocycles. The molecule has 2 N–H and O–H groups in total. The van der Waals surface area contributed by atoms with Crippen molar-refractivity contribution >= 4 is 11.8 Å². The molecule has 2 amide bonds. The highest BCUT2D eigenvalue weighted by molar-refractivity contribution is 5.86. The summed E-state index contributed by atoms with van der Waals surface area (Å²) in [6.45, 7) is 2.41. The van der Waals surface area contributed by atoms with Crippen LogP contribution in [0.3, 0.4) is 0 Å². The van der Waals surface area contributed by atoms with Crippen LogP contribution in [-0.4, -0.2) is 45.5 Å². The van der Waals surface area contributed by atoms with Crippen LogP contribution in [-0.2, 0) is 29.0 Å². The maximum absolute atomic E-state index is 12.4. The van der Waals surface area contributed by atoms with Crippen LogP contribution >= 0.6 is 0 Å². The first kappa shape index (κ1) is 16.9. The monoisotopic (exact) mass is 331 g/mol. The summed E-state index contributed by atoms with van der Waals surface area (Å²) in [5, 5.41) is 13.4. The second-order valence-corrected chi connectivity index (χ2v) is 6.87. The molecule has 1 aromatic rings. The average Bonchev–Trinajstić information content (AvgIpc) is 2.59. The summed E-state index contributed by atoms with van der Waals surface area (Å²) >= 11 is 0. The zero-order chi connectivity index (χ0) is 17.2. The van der Waals surface area contributed by atoms with Crippen molar-refractivity contribution in [1.82, 2.24) is 15.2 Å². The number of piperidine rings is 1. The number of nitrogens with one attached hydrogen (secondary N) is 1. The Labute approximate surface area is 142 Å². The Balaban J connectivity index is 1.61. The van der Waals surface area contributed by atoms with Gasteiger partial charge in [-0.15, -0.1) is 0 Å². The van der Waals surface area contributed by atoms with Gasteiger partial charge in [0.05, 0.1) is 18.8 Å². The molecule has 6 heteroatoms. The summed E-state index contributed by atoms with van der Waals surface area (Å²) in [6, 6.07) is 4.03. The van der Waals surface area contributed by atoms with E-state index in [9.17, 15) is 14.7 Å². The van der Waals surface area contributed by atoms with E-state index in [1.807, 2.05) is 6.07 Å². The molecule has 24 heavy (non-hydrogen) atoms. The van der Waals surface area contributed by atoms with Gasteiger partial charge in [-0.05, 0) is 50.2 Å². The summed E-state index contributed by atoms with van der Waals surface area (Å²) in [7, 11) is 0. The number of likely N-dealkylation sites (tertiary alicyclic amines) is 1. The fourth-order valence-electron chi connectivity index (χ4n) is 3.55. The first-order valence-corrected chi connectivity index (χ1v) is 8.72. The molecule has 6 nitrogen and oxygen atoms in total. The van der Waals surface area contributed by atoms with Gasteiger partial charge in [-0.2, -0.15) is 0 Å². The van der Waals surface area contributed by atoms with Gasteiger partial charge in [-0.3, -0.25) is 14.6 Å². The Morgan fingerprint density at radius 3 is 2.88 bits per heavy atom. The van der Waals surface area contributed by atoms with Crippen LogP contribution in [0.4, 0.5) is 0 Å². The lowest BCUT2D eigenvalue weighted by Gasteiger charge is -2.37. The van der Waals surface area contributed by atoms with Gasteiger partial charge in [0.15, 0.2) is 5.60 Å². The van der Waals surface area contributed by atoms with E-state index in [1.54, 1.807) is 0 Å². The third kappa shape index (κ3) is 3.59. The summed E-state index contributed by atoms with van der Waals surface area (Å²) in [4.78, 5) is 30.1. The highest BCUT2D eigenvalue weighted by Crippen LogP contribution is 2.22. The number of β-amino-alcohol motifs (C(OH)–C–C–N with tert-alkyl or cyclic N) is 1. The fraction of sp³-hybridized carbons (Fsp3) is 0.611. The Kier molecular flexibility index (Phi) is 4.85. The number of aromatic nitrogens is 1. The van der Waals surface area contributed by atoms with Gasteiger partial charge in [0.2, 0.25) is 5.91 Å². The lowest BCUT2D eigenvalue weighted by atomic mass is 9.91. The van der Waals surface area contributed by atoms with Gasteiger partial charge in [-0.1, -0.05) is 6.07 Å². The number of carbonyl (C=O) groups is 2. The van der Waals surface area contributed by atoms with Gasteiger partial charge in [0, 0.05) is 19.2 Å². The SMILES string of the molecule is CC(=O)N1CCCC(O)(C(=O)NCc2ccc3c(n2)CCCC3)C1.